The molecule has 2 heterocycles. The predicted molar refractivity (Wildman–Crippen MR) is 103 cm³/mol. The van der Waals surface area contributed by atoms with Crippen LogP contribution in [0.5, 0.6) is 5.75 Å². The molecule has 3 aromatic rings. The highest BCUT2D eigenvalue weighted by atomic mass is 16.7. The number of hydrogen-bond acceptors (Lipinski definition) is 6. The summed E-state index contributed by atoms with van der Waals surface area (Å²) < 4.78 is 10.6. The van der Waals surface area contributed by atoms with Crippen molar-refractivity contribution < 1.29 is 19.2 Å². The quantitative estimate of drug-likeness (QED) is 0.423. The molecule has 8 nitrogen and oxygen atoms in total. The fraction of sp³-hybridized carbons (Fsp3) is 0.100. The third-order valence-electron chi connectivity index (χ3n) is 4.25. The summed E-state index contributed by atoms with van der Waals surface area (Å²) in [6.07, 6.45) is 4.49. The van der Waals surface area contributed by atoms with Crippen LogP contribution >= 0.6 is 0 Å². The number of benzene rings is 2. The van der Waals surface area contributed by atoms with Crippen molar-refractivity contribution >= 4 is 34.3 Å². The normalized spacial score (nSPS) is 13.1. The van der Waals surface area contributed by atoms with E-state index < -0.39 is 4.92 Å². The third kappa shape index (κ3) is 3.53. The van der Waals surface area contributed by atoms with E-state index in [4.69, 9.17) is 9.47 Å². The van der Waals surface area contributed by atoms with E-state index in [1.807, 2.05) is 12.1 Å². The van der Waals surface area contributed by atoms with Crippen molar-refractivity contribution in [3.05, 3.63) is 76.0 Å². The average Bonchev–Trinajstić information content (AvgIpc) is 2.72. The van der Waals surface area contributed by atoms with Crippen LogP contribution in [0.1, 0.15) is 11.1 Å². The number of pyridine rings is 1. The molecule has 1 aliphatic rings. The first-order chi connectivity index (χ1) is 13.6. The van der Waals surface area contributed by atoms with Crippen LogP contribution in [0.3, 0.4) is 0 Å². The summed E-state index contributed by atoms with van der Waals surface area (Å²) in [7, 11) is 0. The van der Waals surface area contributed by atoms with Gasteiger partial charge in [0, 0.05) is 40.9 Å². The number of hydrogen-bond donors (Lipinski definition) is 1. The van der Waals surface area contributed by atoms with Gasteiger partial charge in [0.1, 0.15) is 5.75 Å². The molecule has 0 aliphatic carbocycles. The summed E-state index contributed by atoms with van der Waals surface area (Å²) in [6.45, 7) is 0.272. The monoisotopic (exact) mass is 377 g/mol. The lowest BCUT2D eigenvalue weighted by atomic mass is 10.1. The van der Waals surface area contributed by atoms with Crippen molar-refractivity contribution in [1.29, 1.82) is 0 Å². The fourth-order valence-corrected chi connectivity index (χ4v) is 3.01. The first-order valence-electron chi connectivity index (χ1n) is 8.46. The van der Waals surface area contributed by atoms with Gasteiger partial charge in [0.25, 0.3) is 5.69 Å². The molecule has 4 rings (SSSR count). The molecule has 0 radical (unpaired) electrons. The first-order valence-corrected chi connectivity index (χ1v) is 8.46. The van der Waals surface area contributed by atoms with Crippen LogP contribution in [-0.4, -0.2) is 22.6 Å². The number of rotatable bonds is 4. The third-order valence-corrected chi connectivity index (χ3v) is 4.25. The van der Waals surface area contributed by atoms with Crippen LogP contribution in [0.15, 0.2) is 54.7 Å². The van der Waals surface area contributed by atoms with Crippen molar-refractivity contribution in [2.75, 3.05) is 12.1 Å². The highest BCUT2D eigenvalue weighted by Crippen LogP contribution is 2.33. The van der Waals surface area contributed by atoms with Gasteiger partial charge in [-0.15, -0.1) is 0 Å². The maximum Gasteiger partial charge on any atom is 0.270 e. The largest absolute Gasteiger partial charge is 0.467 e. The Morgan fingerprint density at radius 3 is 3.00 bits per heavy atom. The molecular formula is C20H15N3O5. The van der Waals surface area contributed by atoms with E-state index in [2.05, 4.69) is 10.3 Å². The van der Waals surface area contributed by atoms with E-state index in [0.717, 1.165) is 10.9 Å². The molecule has 8 heteroatoms. The van der Waals surface area contributed by atoms with Gasteiger partial charge in [0.2, 0.25) is 5.91 Å². The number of ether oxygens (including phenoxy) is 2. The molecule has 0 unspecified atom stereocenters. The van der Waals surface area contributed by atoms with Crippen LogP contribution in [0.4, 0.5) is 11.4 Å². The number of anilines is 1. The van der Waals surface area contributed by atoms with Gasteiger partial charge in [-0.2, -0.15) is 0 Å². The second-order valence-electron chi connectivity index (χ2n) is 6.09. The van der Waals surface area contributed by atoms with E-state index in [1.54, 1.807) is 24.4 Å². The molecule has 1 aliphatic heterocycles. The Morgan fingerprint density at radius 1 is 1.25 bits per heavy atom. The number of aromatic nitrogens is 1. The molecule has 0 bridgehead atoms. The first kappa shape index (κ1) is 17.6. The number of carbonyl (C=O) groups excluding carboxylic acids is 1. The van der Waals surface area contributed by atoms with Gasteiger partial charge >= 0.3 is 0 Å². The number of fused-ring (bicyclic) bond motifs is 2. The lowest BCUT2D eigenvalue weighted by Gasteiger charge is -2.19. The van der Waals surface area contributed by atoms with Gasteiger partial charge < -0.3 is 14.8 Å². The number of nitrogens with zero attached hydrogens (tertiary/aromatic N) is 2. The average molecular weight is 377 g/mol. The maximum absolute atomic E-state index is 12.4. The van der Waals surface area contributed by atoms with Gasteiger partial charge in [-0.05, 0) is 30.3 Å². The Hall–Kier alpha value is -3.78. The summed E-state index contributed by atoms with van der Waals surface area (Å²) in [5, 5.41) is 14.8. The number of nitro groups is 1. The molecule has 1 amide bonds. The molecule has 0 atom stereocenters. The van der Waals surface area contributed by atoms with Crippen molar-refractivity contribution in [2.24, 2.45) is 0 Å². The van der Waals surface area contributed by atoms with Gasteiger partial charge in [-0.3, -0.25) is 19.9 Å². The Bertz CT molecular complexity index is 1100. The number of nitrogens with one attached hydrogen (secondary N) is 1. The predicted octanol–water partition coefficient (Wildman–Crippen LogP) is 3.66. The summed E-state index contributed by atoms with van der Waals surface area (Å²) in [5.41, 5.74) is 2.33. The summed E-state index contributed by atoms with van der Waals surface area (Å²) in [6, 6.07) is 11.9. The van der Waals surface area contributed by atoms with Crippen molar-refractivity contribution in [3.8, 4) is 5.75 Å². The van der Waals surface area contributed by atoms with Gasteiger partial charge in [0.05, 0.1) is 22.7 Å². The molecule has 0 spiro atoms. The number of non-ortho nitro benzene ring substituents is 1. The van der Waals surface area contributed by atoms with Crippen LogP contribution < -0.4 is 10.1 Å². The zero-order valence-electron chi connectivity index (χ0n) is 14.6. The lowest BCUT2D eigenvalue weighted by Crippen LogP contribution is -2.13. The number of nitro benzene ring substituents is 1. The summed E-state index contributed by atoms with van der Waals surface area (Å²) >= 11 is 0. The Morgan fingerprint density at radius 2 is 2.14 bits per heavy atom. The van der Waals surface area contributed by atoms with Gasteiger partial charge in [-0.1, -0.05) is 6.07 Å². The van der Waals surface area contributed by atoms with Gasteiger partial charge in [0.15, 0.2) is 6.79 Å². The van der Waals surface area contributed by atoms with Crippen LogP contribution in [-0.2, 0) is 16.1 Å². The smallest absolute Gasteiger partial charge is 0.270 e. The van der Waals surface area contributed by atoms with E-state index in [9.17, 15) is 14.9 Å². The van der Waals surface area contributed by atoms with Crippen molar-refractivity contribution in [2.45, 2.75) is 6.61 Å². The molecule has 140 valence electrons. The fourth-order valence-electron chi connectivity index (χ4n) is 3.01. The van der Waals surface area contributed by atoms with Crippen LogP contribution in [0.25, 0.3) is 17.0 Å². The SMILES string of the molecule is O=C(/C=C/c1cc([N+](=O)[O-])cc2c1OCOC2)Nc1cccc2ncccc12. The topological polar surface area (TPSA) is 104 Å². The zero-order valence-corrected chi connectivity index (χ0v) is 14.6. The van der Waals surface area contributed by atoms with E-state index in [1.165, 1.54) is 24.3 Å². The number of amides is 1. The molecule has 2 aromatic carbocycles. The second-order valence-corrected chi connectivity index (χ2v) is 6.09. The zero-order chi connectivity index (χ0) is 19.5. The molecule has 1 aromatic heterocycles. The molecule has 0 saturated carbocycles. The lowest BCUT2D eigenvalue weighted by molar-refractivity contribution is -0.385. The molecule has 28 heavy (non-hydrogen) atoms. The molecule has 1 N–H and O–H groups in total. The van der Waals surface area contributed by atoms with E-state index in [0.29, 0.717) is 22.6 Å². The van der Waals surface area contributed by atoms with Gasteiger partial charge in [-0.25, -0.2) is 0 Å². The van der Waals surface area contributed by atoms with Crippen LogP contribution in [0.2, 0.25) is 0 Å². The van der Waals surface area contributed by atoms with Crippen LogP contribution in [0, 0.1) is 10.1 Å². The minimum absolute atomic E-state index is 0.0564. The van der Waals surface area contributed by atoms with Crippen molar-refractivity contribution in [3.63, 3.8) is 0 Å². The Labute approximate surface area is 159 Å². The molecule has 0 fully saturated rings. The maximum atomic E-state index is 12.4. The second kappa shape index (κ2) is 7.45. The Kier molecular flexibility index (Phi) is 4.69. The van der Waals surface area contributed by atoms with Crippen molar-refractivity contribution in [1.82, 2.24) is 4.98 Å². The summed E-state index contributed by atoms with van der Waals surface area (Å²) in [5.74, 6) is 0.110. The standard InChI is InChI=1S/C20H15N3O5/c24-19(22-18-5-1-4-17-16(18)3-2-8-21-17)7-6-13-9-15(23(25)26)10-14-11-27-12-28-20(13)14/h1-10H,11-12H2,(H,22,24)/b7-6+. The highest BCUT2D eigenvalue weighted by molar-refractivity contribution is 6.07. The number of carbonyl (C=O) groups is 1. The van der Waals surface area contributed by atoms with E-state index >= 15 is 0 Å². The molecule has 0 saturated heterocycles. The summed E-state index contributed by atoms with van der Waals surface area (Å²) in [4.78, 5) is 27.3. The highest BCUT2D eigenvalue weighted by Gasteiger charge is 2.19. The Balaban J connectivity index is 1.61. The minimum atomic E-state index is -0.491. The molecular weight excluding hydrogens is 362 g/mol. The minimum Gasteiger partial charge on any atom is -0.467 e. The van der Waals surface area contributed by atoms with E-state index in [-0.39, 0.29) is 25.0 Å².